The average molecular weight is 391 g/mol. The lowest BCUT2D eigenvalue weighted by Crippen LogP contribution is -2.34. The Kier molecular flexibility index (Phi) is 6.76. The van der Waals surface area contributed by atoms with Gasteiger partial charge in [0.1, 0.15) is 5.76 Å². The lowest BCUT2D eigenvalue weighted by Gasteiger charge is -2.26. The fourth-order valence-electron chi connectivity index (χ4n) is 3.48. The van der Waals surface area contributed by atoms with Crippen LogP contribution in [0, 0.1) is 0 Å². The zero-order chi connectivity index (χ0) is 20.8. The Morgan fingerprint density at radius 3 is 2.07 bits per heavy atom. The van der Waals surface area contributed by atoms with E-state index >= 15 is 0 Å². The largest absolute Gasteiger partial charge is 0.467 e. The van der Waals surface area contributed by atoms with Gasteiger partial charge >= 0.3 is 6.03 Å². The van der Waals surface area contributed by atoms with E-state index in [2.05, 4.69) is 51.2 Å². The van der Waals surface area contributed by atoms with Crippen LogP contribution in [0.4, 0.5) is 10.5 Å². The van der Waals surface area contributed by atoms with Gasteiger partial charge in [-0.1, -0.05) is 76.2 Å². The number of carbonyl (C=O) groups excluding carboxylic acids is 1. The van der Waals surface area contributed by atoms with Gasteiger partial charge in [0.15, 0.2) is 0 Å². The number of para-hydroxylation sites is 1. The molecule has 2 amide bonds. The van der Waals surface area contributed by atoms with Crippen LogP contribution in [0.2, 0.25) is 0 Å². The SMILES string of the molecule is CC(C)c1cccc(C(C)C)c1NC(=O)N(Cc1ccccc1)Cc1ccco1. The molecule has 0 unspecified atom stereocenters. The van der Waals surface area contributed by atoms with Crippen molar-refractivity contribution in [1.82, 2.24) is 4.90 Å². The van der Waals surface area contributed by atoms with Crippen LogP contribution in [0.1, 0.15) is 62.0 Å². The quantitative estimate of drug-likeness (QED) is 0.484. The van der Waals surface area contributed by atoms with Crippen LogP contribution in [0.25, 0.3) is 0 Å². The minimum absolute atomic E-state index is 0.125. The number of urea groups is 1. The van der Waals surface area contributed by atoms with Crippen LogP contribution in [0.5, 0.6) is 0 Å². The predicted molar refractivity (Wildman–Crippen MR) is 118 cm³/mol. The molecule has 0 bridgehead atoms. The van der Waals surface area contributed by atoms with E-state index in [1.165, 1.54) is 0 Å². The predicted octanol–water partition coefficient (Wildman–Crippen LogP) is 6.76. The van der Waals surface area contributed by atoms with Crippen LogP contribution >= 0.6 is 0 Å². The van der Waals surface area contributed by atoms with Gasteiger partial charge in [-0.05, 0) is 40.7 Å². The molecule has 0 aliphatic rings. The monoisotopic (exact) mass is 390 g/mol. The summed E-state index contributed by atoms with van der Waals surface area (Å²) in [7, 11) is 0. The topological polar surface area (TPSA) is 45.5 Å². The second-order valence-electron chi connectivity index (χ2n) is 7.97. The van der Waals surface area contributed by atoms with Crippen molar-refractivity contribution in [2.24, 2.45) is 0 Å². The molecule has 152 valence electrons. The standard InChI is InChI=1S/C25H30N2O2/c1-18(2)22-13-8-14-23(19(3)4)24(22)26-25(28)27(17-21-12-9-15-29-21)16-20-10-6-5-7-11-20/h5-15,18-19H,16-17H2,1-4H3,(H,26,28). The van der Waals surface area contributed by atoms with Crippen molar-refractivity contribution in [2.45, 2.75) is 52.6 Å². The maximum atomic E-state index is 13.4. The molecule has 0 atom stereocenters. The van der Waals surface area contributed by atoms with Crippen molar-refractivity contribution in [3.8, 4) is 0 Å². The van der Waals surface area contributed by atoms with Crippen molar-refractivity contribution in [1.29, 1.82) is 0 Å². The highest BCUT2D eigenvalue weighted by Crippen LogP contribution is 2.32. The lowest BCUT2D eigenvalue weighted by molar-refractivity contribution is 0.201. The molecule has 0 radical (unpaired) electrons. The van der Waals surface area contributed by atoms with Crippen LogP contribution in [-0.4, -0.2) is 10.9 Å². The second kappa shape index (κ2) is 9.46. The van der Waals surface area contributed by atoms with Crippen molar-refractivity contribution in [3.63, 3.8) is 0 Å². The molecule has 2 aromatic carbocycles. The van der Waals surface area contributed by atoms with Gasteiger partial charge in [0.2, 0.25) is 0 Å². The molecule has 1 N–H and O–H groups in total. The average Bonchev–Trinajstić information content (AvgIpc) is 3.21. The lowest BCUT2D eigenvalue weighted by atomic mass is 9.93. The van der Waals surface area contributed by atoms with Crippen LogP contribution in [0.15, 0.2) is 71.3 Å². The van der Waals surface area contributed by atoms with E-state index in [1.54, 1.807) is 11.2 Å². The van der Waals surface area contributed by atoms with Gasteiger partial charge in [-0.25, -0.2) is 4.79 Å². The van der Waals surface area contributed by atoms with Gasteiger partial charge in [0, 0.05) is 12.2 Å². The molecule has 4 heteroatoms. The Hall–Kier alpha value is -3.01. The van der Waals surface area contributed by atoms with Crippen molar-refractivity contribution in [2.75, 3.05) is 5.32 Å². The second-order valence-corrected chi connectivity index (χ2v) is 7.97. The summed E-state index contributed by atoms with van der Waals surface area (Å²) in [4.78, 5) is 15.2. The summed E-state index contributed by atoms with van der Waals surface area (Å²) in [6.45, 7) is 9.53. The van der Waals surface area contributed by atoms with Crippen LogP contribution < -0.4 is 5.32 Å². The third-order valence-corrected chi connectivity index (χ3v) is 5.04. The highest BCUT2D eigenvalue weighted by Gasteiger charge is 2.20. The molecule has 4 nitrogen and oxygen atoms in total. The number of rotatable bonds is 7. The molecule has 3 rings (SSSR count). The Morgan fingerprint density at radius 1 is 0.862 bits per heavy atom. The molecular weight excluding hydrogens is 360 g/mol. The fraction of sp³-hybridized carbons (Fsp3) is 0.320. The molecule has 0 fully saturated rings. The Balaban J connectivity index is 1.90. The number of amides is 2. The van der Waals surface area contributed by atoms with Gasteiger partial charge in [0.05, 0.1) is 12.8 Å². The third kappa shape index (κ3) is 5.29. The zero-order valence-corrected chi connectivity index (χ0v) is 17.7. The zero-order valence-electron chi connectivity index (χ0n) is 17.7. The maximum absolute atomic E-state index is 13.4. The van der Waals surface area contributed by atoms with E-state index in [9.17, 15) is 4.79 Å². The van der Waals surface area contributed by atoms with Gasteiger partial charge in [-0.2, -0.15) is 0 Å². The Bertz CT molecular complexity index is 889. The number of carbonyl (C=O) groups is 1. The van der Waals surface area contributed by atoms with E-state index < -0.39 is 0 Å². The molecule has 0 aliphatic heterocycles. The fourth-order valence-corrected chi connectivity index (χ4v) is 3.48. The highest BCUT2D eigenvalue weighted by atomic mass is 16.3. The molecule has 0 aliphatic carbocycles. The molecule has 0 spiro atoms. The highest BCUT2D eigenvalue weighted by molar-refractivity contribution is 5.91. The molecular formula is C25H30N2O2. The summed E-state index contributed by atoms with van der Waals surface area (Å²) in [5.41, 5.74) is 4.32. The summed E-state index contributed by atoms with van der Waals surface area (Å²) in [5.74, 6) is 1.39. The molecule has 0 saturated carbocycles. The summed E-state index contributed by atoms with van der Waals surface area (Å²) in [6, 6.07) is 19.9. The van der Waals surface area contributed by atoms with Gasteiger partial charge in [-0.3, -0.25) is 0 Å². The van der Waals surface area contributed by atoms with E-state index in [0.717, 1.165) is 28.1 Å². The van der Waals surface area contributed by atoms with E-state index in [1.807, 2.05) is 42.5 Å². The number of hydrogen-bond acceptors (Lipinski definition) is 2. The summed E-state index contributed by atoms with van der Waals surface area (Å²) in [6.07, 6.45) is 1.64. The number of nitrogens with one attached hydrogen (secondary N) is 1. The van der Waals surface area contributed by atoms with E-state index in [-0.39, 0.29) is 6.03 Å². The maximum Gasteiger partial charge on any atom is 0.322 e. The number of benzene rings is 2. The third-order valence-electron chi connectivity index (χ3n) is 5.04. The van der Waals surface area contributed by atoms with Gasteiger partial charge in [-0.15, -0.1) is 0 Å². The van der Waals surface area contributed by atoms with Gasteiger partial charge < -0.3 is 14.6 Å². The minimum Gasteiger partial charge on any atom is -0.467 e. The number of hydrogen-bond donors (Lipinski definition) is 1. The summed E-state index contributed by atoms with van der Waals surface area (Å²) < 4.78 is 5.50. The number of anilines is 1. The smallest absolute Gasteiger partial charge is 0.322 e. The molecule has 29 heavy (non-hydrogen) atoms. The van der Waals surface area contributed by atoms with Crippen molar-refractivity contribution >= 4 is 11.7 Å². The number of furan rings is 1. The van der Waals surface area contributed by atoms with Crippen molar-refractivity contribution in [3.05, 3.63) is 89.4 Å². The molecule has 0 saturated heterocycles. The first-order chi connectivity index (χ1) is 14.0. The van der Waals surface area contributed by atoms with E-state index in [0.29, 0.717) is 24.9 Å². The first kappa shape index (κ1) is 20.7. The Labute approximate surface area is 173 Å². The summed E-state index contributed by atoms with van der Waals surface area (Å²) >= 11 is 0. The van der Waals surface area contributed by atoms with Crippen LogP contribution in [-0.2, 0) is 13.1 Å². The normalized spacial score (nSPS) is 11.1. The minimum atomic E-state index is -0.125. The molecule has 1 heterocycles. The van der Waals surface area contributed by atoms with Crippen molar-refractivity contribution < 1.29 is 9.21 Å². The van der Waals surface area contributed by atoms with Crippen LogP contribution in [0.3, 0.4) is 0 Å². The molecule has 1 aromatic heterocycles. The summed E-state index contributed by atoms with van der Waals surface area (Å²) in [5, 5.41) is 3.22. The van der Waals surface area contributed by atoms with Gasteiger partial charge in [0.25, 0.3) is 0 Å². The van der Waals surface area contributed by atoms with E-state index in [4.69, 9.17) is 4.42 Å². The number of nitrogens with zero attached hydrogens (tertiary/aromatic N) is 1. The molecule has 3 aromatic rings. The Morgan fingerprint density at radius 2 is 1.52 bits per heavy atom. The first-order valence-electron chi connectivity index (χ1n) is 10.2. The first-order valence-corrected chi connectivity index (χ1v) is 10.2.